The summed E-state index contributed by atoms with van der Waals surface area (Å²) < 4.78 is 11.5. The van der Waals surface area contributed by atoms with Crippen LogP contribution < -0.4 is 10.1 Å². The summed E-state index contributed by atoms with van der Waals surface area (Å²) in [5, 5.41) is 4.93. The predicted octanol–water partition coefficient (Wildman–Crippen LogP) is 5.17. The van der Waals surface area contributed by atoms with Crippen molar-refractivity contribution in [2.45, 2.75) is 13.3 Å². The van der Waals surface area contributed by atoms with Gasteiger partial charge in [0.1, 0.15) is 16.9 Å². The smallest absolute Gasteiger partial charge is 0.262 e. The minimum absolute atomic E-state index is 0.0423. The van der Waals surface area contributed by atoms with E-state index < -0.39 is 0 Å². The fourth-order valence-corrected chi connectivity index (χ4v) is 3.08. The highest BCUT2D eigenvalue weighted by molar-refractivity contribution is 6.05. The lowest BCUT2D eigenvalue weighted by Gasteiger charge is -2.10. The molecule has 0 spiro atoms. The first-order valence-electron chi connectivity index (χ1n) is 8.66. The predicted molar refractivity (Wildman–Crippen MR) is 104 cm³/mol. The molecule has 130 valence electrons. The van der Waals surface area contributed by atoms with Crippen LogP contribution in [0.2, 0.25) is 0 Å². The number of carbonyl (C=O) groups excluding carboxylic acids is 1. The van der Waals surface area contributed by atoms with Crippen molar-refractivity contribution >= 4 is 33.5 Å². The molecule has 1 aromatic heterocycles. The Labute approximate surface area is 151 Å². The Morgan fingerprint density at radius 3 is 2.62 bits per heavy atom. The summed E-state index contributed by atoms with van der Waals surface area (Å²) in [6.45, 7) is 2.02. The van der Waals surface area contributed by atoms with Crippen LogP contribution in [-0.4, -0.2) is 12.5 Å². The van der Waals surface area contributed by atoms with E-state index in [9.17, 15) is 4.79 Å². The van der Waals surface area contributed by atoms with Gasteiger partial charge >= 0.3 is 0 Å². The minimum Gasteiger partial charge on any atom is -0.484 e. The Morgan fingerprint density at radius 1 is 0.962 bits per heavy atom. The number of rotatable bonds is 5. The van der Waals surface area contributed by atoms with Gasteiger partial charge < -0.3 is 14.5 Å². The van der Waals surface area contributed by atoms with Crippen LogP contribution in [0.1, 0.15) is 12.5 Å². The number of para-hydroxylation sites is 2. The summed E-state index contributed by atoms with van der Waals surface area (Å²) in [4.78, 5) is 12.2. The number of aryl methyl sites for hydroxylation is 1. The monoisotopic (exact) mass is 345 g/mol. The van der Waals surface area contributed by atoms with Crippen molar-refractivity contribution in [2.75, 3.05) is 11.9 Å². The van der Waals surface area contributed by atoms with E-state index in [2.05, 4.69) is 12.2 Å². The van der Waals surface area contributed by atoms with Crippen molar-refractivity contribution in [2.24, 2.45) is 0 Å². The lowest BCUT2D eigenvalue weighted by Crippen LogP contribution is -2.20. The van der Waals surface area contributed by atoms with Crippen LogP contribution in [0.15, 0.2) is 71.1 Å². The lowest BCUT2D eigenvalue weighted by molar-refractivity contribution is -0.118. The van der Waals surface area contributed by atoms with Crippen molar-refractivity contribution in [1.29, 1.82) is 0 Å². The standard InChI is InChI=1S/C22H19NO3/c1-2-15-7-3-5-9-19(15)23-22(24)14-25-16-11-12-21-18(13-16)17-8-4-6-10-20(17)26-21/h3-13H,2,14H2,1H3,(H,23,24). The number of furan rings is 1. The summed E-state index contributed by atoms with van der Waals surface area (Å²) in [5.74, 6) is 0.464. The van der Waals surface area contributed by atoms with E-state index >= 15 is 0 Å². The van der Waals surface area contributed by atoms with Gasteiger partial charge in [-0.1, -0.05) is 43.3 Å². The average molecular weight is 345 g/mol. The first-order valence-corrected chi connectivity index (χ1v) is 8.66. The average Bonchev–Trinajstić information content (AvgIpc) is 3.05. The van der Waals surface area contributed by atoms with E-state index in [0.717, 1.165) is 39.6 Å². The van der Waals surface area contributed by atoms with Gasteiger partial charge in [0, 0.05) is 16.5 Å². The molecule has 4 rings (SSSR count). The highest BCUT2D eigenvalue weighted by atomic mass is 16.5. The van der Waals surface area contributed by atoms with E-state index in [0.29, 0.717) is 5.75 Å². The van der Waals surface area contributed by atoms with Crippen LogP contribution in [0.5, 0.6) is 5.75 Å². The van der Waals surface area contributed by atoms with Crippen LogP contribution in [0, 0.1) is 0 Å². The summed E-state index contributed by atoms with van der Waals surface area (Å²) in [6.07, 6.45) is 0.863. The maximum Gasteiger partial charge on any atom is 0.262 e. The zero-order valence-corrected chi connectivity index (χ0v) is 14.5. The summed E-state index contributed by atoms with van der Waals surface area (Å²) in [5.41, 5.74) is 3.58. The Balaban J connectivity index is 1.49. The van der Waals surface area contributed by atoms with Gasteiger partial charge in [0.15, 0.2) is 6.61 Å². The molecule has 0 bridgehead atoms. The zero-order chi connectivity index (χ0) is 17.9. The van der Waals surface area contributed by atoms with E-state index in [-0.39, 0.29) is 12.5 Å². The summed E-state index contributed by atoms with van der Waals surface area (Å²) in [7, 11) is 0. The van der Waals surface area contributed by atoms with Crippen molar-refractivity contribution in [3.05, 3.63) is 72.3 Å². The minimum atomic E-state index is -0.178. The third kappa shape index (κ3) is 3.14. The molecule has 26 heavy (non-hydrogen) atoms. The van der Waals surface area contributed by atoms with Crippen molar-refractivity contribution in [3.63, 3.8) is 0 Å². The molecule has 4 nitrogen and oxygen atoms in total. The van der Waals surface area contributed by atoms with Gasteiger partial charge in [-0.05, 0) is 42.3 Å². The highest BCUT2D eigenvalue weighted by Gasteiger charge is 2.10. The quantitative estimate of drug-likeness (QED) is 0.543. The van der Waals surface area contributed by atoms with Crippen LogP contribution in [0.3, 0.4) is 0 Å². The van der Waals surface area contributed by atoms with Gasteiger partial charge in [-0.2, -0.15) is 0 Å². The van der Waals surface area contributed by atoms with Gasteiger partial charge in [0.25, 0.3) is 5.91 Å². The number of hydrogen-bond donors (Lipinski definition) is 1. The number of nitrogens with one attached hydrogen (secondary N) is 1. The molecule has 0 fully saturated rings. The first kappa shape index (κ1) is 16.2. The Morgan fingerprint density at radius 2 is 1.73 bits per heavy atom. The number of fused-ring (bicyclic) bond motifs is 3. The van der Waals surface area contributed by atoms with Crippen molar-refractivity contribution in [3.8, 4) is 5.75 Å². The molecule has 0 saturated carbocycles. The molecular formula is C22H19NO3. The first-order chi connectivity index (χ1) is 12.7. The Hall–Kier alpha value is -3.27. The van der Waals surface area contributed by atoms with E-state index in [1.165, 1.54) is 0 Å². The molecule has 0 radical (unpaired) electrons. The summed E-state index contributed by atoms with van der Waals surface area (Å²) >= 11 is 0. The van der Waals surface area contributed by atoms with E-state index in [1.807, 2.05) is 66.7 Å². The number of amides is 1. The summed E-state index contributed by atoms with van der Waals surface area (Å²) in [6, 6.07) is 21.3. The molecule has 0 atom stereocenters. The molecule has 0 saturated heterocycles. The second-order valence-corrected chi connectivity index (χ2v) is 6.10. The number of benzene rings is 3. The topological polar surface area (TPSA) is 51.5 Å². The maximum atomic E-state index is 12.2. The molecule has 1 amide bonds. The number of ether oxygens (including phenoxy) is 1. The molecule has 0 aliphatic heterocycles. The molecule has 0 aliphatic carbocycles. The number of carbonyl (C=O) groups is 1. The second-order valence-electron chi connectivity index (χ2n) is 6.10. The number of hydrogen-bond acceptors (Lipinski definition) is 3. The second kappa shape index (κ2) is 6.92. The molecule has 3 aromatic carbocycles. The fourth-order valence-electron chi connectivity index (χ4n) is 3.08. The van der Waals surface area contributed by atoms with Gasteiger partial charge in [-0.25, -0.2) is 0 Å². The van der Waals surface area contributed by atoms with Gasteiger partial charge in [0.2, 0.25) is 0 Å². The third-order valence-corrected chi connectivity index (χ3v) is 4.39. The number of anilines is 1. The van der Waals surface area contributed by atoms with Gasteiger partial charge in [-0.15, -0.1) is 0 Å². The molecule has 4 aromatic rings. The lowest BCUT2D eigenvalue weighted by atomic mass is 10.1. The Bertz CT molecular complexity index is 1080. The third-order valence-electron chi connectivity index (χ3n) is 4.39. The van der Waals surface area contributed by atoms with E-state index in [1.54, 1.807) is 0 Å². The van der Waals surface area contributed by atoms with E-state index in [4.69, 9.17) is 9.15 Å². The van der Waals surface area contributed by atoms with Crippen LogP contribution in [-0.2, 0) is 11.2 Å². The largest absolute Gasteiger partial charge is 0.484 e. The highest BCUT2D eigenvalue weighted by Crippen LogP contribution is 2.31. The maximum absolute atomic E-state index is 12.2. The van der Waals surface area contributed by atoms with Gasteiger partial charge in [0.05, 0.1) is 0 Å². The zero-order valence-electron chi connectivity index (χ0n) is 14.5. The molecule has 1 N–H and O–H groups in total. The van der Waals surface area contributed by atoms with Crippen LogP contribution >= 0.6 is 0 Å². The fraction of sp³-hybridized carbons (Fsp3) is 0.136. The molecular weight excluding hydrogens is 326 g/mol. The normalized spacial score (nSPS) is 11.0. The van der Waals surface area contributed by atoms with Gasteiger partial charge in [-0.3, -0.25) is 4.79 Å². The van der Waals surface area contributed by atoms with Crippen molar-refractivity contribution < 1.29 is 13.9 Å². The van der Waals surface area contributed by atoms with Crippen LogP contribution in [0.4, 0.5) is 5.69 Å². The molecule has 0 aliphatic rings. The van der Waals surface area contributed by atoms with Crippen molar-refractivity contribution in [1.82, 2.24) is 0 Å². The SMILES string of the molecule is CCc1ccccc1NC(=O)COc1ccc2oc3ccccc3c2c1. The molecule has 4 heteroatoms. The Kier molecular flexibility index (Phi) is 4.32. The molecule has 0 unspecified atom stereocenters. The molecule has 1 heterocycles. The van der Waals surface area contributed by atoms with Crippen LogP contribution in [0.25, 0.3) is 21.9 Å².